The van der Waals surface area contributed by atoms with E-state index in [9.17, 15) is 19.5 Å². The lowest BCUT2D eigenvalue weighted by molar-refractivity contribution is -0.126. The van der Waals surface area contributed by atoms with Crippen LogP contribution in [0, 0.1) is 5.92 Å². The fourth-order valence-corrected chi connectivity index (χ4v) is 2.52. The Kier molecular flexibility index (Phi) is 7.65. The minimum Gasteiger partial charge on any atom is -0.465 e. The van der Waals surface area contributed by atoms with Crippen molar-refractivity contribution in [1.29, 1.82) is 0 Å². The van der Waals surface area contributed by atoms with E-state index in [1.807, 2.05) is 6.92 Å². The van der Waals surface area contributed by atoms with E-state index in [1.165, 1.54) is 0 Å². The molecule has 0 unspecified atom stereocenters. The quantitative estimate of drug-likeness (QED) is 0.403. The lowest BCUT2D eigenvalue weighted by Crippen LogP contribution is -2.50. The molecule has 3 amide bonds. The van der Waals surface area contributed by atoms with Crippen molar-refractivity contribution in [2.24, 2.45) is 5.92 Å². The number of aliphatic hydroxyl groups excluding tert-OH is 1. The first-order chi connectivity index (χ1) is 10.5. The van der Waals surface area contributed by atoms with E-state index >= 15 is 0 Å². The Morgan fingerprint density at radius 3 is 2.64 bits per heavy atom. The number of carboxylic acid groups (broad SMARTS) is 1. The average Bonchev–Trinajstić information content (AvgIpc) is 2.87. The molecule has 8 heteroatoms. The molecule has 0 aromatic rings. The molecule has 8 nitrogen and oxygen atoms in total. The fourth-order valence-electron chi connectivity index (χ4n) is 2.52. The maximum absolute atomic E-state index is 12.2. The van der Waals surface area contributed by atoms with Crippen LogP contribution in [0.2, 0.25) is 0 Å². The van der Waals surface area contributed by atoms with Crippen LogP contribution in [0.1, 0.15) is 39.0 Å². The highest BCUT2D eigenvalue weighted by atomic mass is 16.4. The van der Waals surface area contributed by atoms with Crippen molar-refractivity contribution >= 4 is 17.9 Å². The fraction of sp³-hybridized carbons (Fsp3) is 0.786. The highest BCUT2D eigenvalue weighted by molar-refractivity contribution is 5.85. The van der Waals surface area contributed by atoms with Crippen LogP contribution in [0.4, 0.5) is 4.79 Å². The summed E-state index contributed by atoms with van der Waals surface area (Å²) in [6, 6.07) is -1.40. The van der Waals surface area contributed by atoms with Gasteiger partial charge in [0.2, 0.25) is 11.8 Å². The van der Waals surface area contributed by atoms with Gasteiger partial charge in [-0.1, -0.05) is 19.8 Å². The average molecular weight is 315 g/mol. The van der Waals surface area contributed by atoms with Gasteiger partial charge in [0.15, 0.2) is 0 Å². The maximum atomic E-state index is 12.2. The Balaban J connectivity index is 2.55. The van der Waals surface area contributed by atoms with Crippen molar-refractivity contribution in [3.8, 4) is 0 Å². The number of aliphatic hydroxyl groups is 1. The summed E-state index contributed by atoms with van der Waals surface area (Å²) in [5.74, 6) is -0.758. The Morgan fingerprint density at radius 1 is 1.41 bits per heavy atom. The van der Waals surface area contributed by atoms with E-state index in [2.05, 4.69) is 16.0 Å². The molecule has 0 saturated carbocycles. The van der Waals surface area contributed by atoms with Gasteiger partial charge in [-0.3, -0.25) is 9.59 Å². The van der Waals surface area contributed by atoms with Gasteiger partial charge in [0.1, 0.15) is 6.04 Å². The number of carbonyl (C=O) groups excluding carboxylic acids is 2. The Hall–Kier alpha value is -1.83. The van der Waals surface area contributed by atoms with Gasteiger partial charge in [-0.05, 0) is 19.3 Å². The number of hydrogen-bond donors (Lipinski definition) is 5. The predicted molar refractivity (Wildman–Crippen MR) is 79.2 cm³/mol. The molecule has 126 valence electrons. The molecule has 0 spiro atoms. The molecule has 0 aliphatic carbocycles. The monoisotopic (exact) mass is 315 g/mol. The van der Waals surface area contributed by atoms with E-state index in [4.69, 9.17) is 5.11 Å². The van der Waals surface area contributed by atoms with Gasteiger partial charge >= 0.3 is 6.09 Å². The van der Waals surface area contributed by atoms with Crippen molar-refractivity contribution in [1.82, 2.24) is 16.0 Å². The van der Waals surface area contributed by atoms with Crippen molar-refractivity contribution in [2.75, 3.05) is 13.2 Å². The van der Waals surface area contributed by atoms with Crippen molar-refractivity contribution in [3.63, 3.8) is 0 Å². The highest BCUT2D eigenvalue weighted by Crippen LogP contribution is 2.16. The van der Waals surface area contributed by atoms with Gasteiger partial charge in [0.25, 0.3) is 0 Å². The summed E-state index contributed by atoms with van der Waals surface area (Å²) in [4.78, 5) is 34.5. The molecule has 22 heavy (non-hydrogen) atoms. The van der Waals surface area contributed by atoms with Crippen molar-refractivity contribution in [3.05, 3.63) is 0 Å². The Morgan fingerprint density at radius 2 is 2.14 bits per heavy atom. The van der Waals surface area contributed by atoms with Crippen molar-refractivity contribution < 1.29 is 24.6 Å². The zero-order chi connectivity index (χ0) is 16.5. The second-order valence-corrected chi connectivity index (χ2v) is 5.54. The Labute approximate surface area is 129 Å². The summed E-state index contributed by atoms with van der Waals surface area (Å²) in [6.07, 6.45) is 1.73. The van der Waals surface area contributed by atoms with E-state index in [1.54, 1.807) is 0 Å². The zero-order valence-electron chi connectivity index (χ0n) is 12.8. The molecule has 0 aromatic carbocycles. The molecule has 1 rings (SSSR count). The topological polar surface area (TPSA) is 128 Å². The van der Waals surface area contributed by atoms with Crippen LogP contribution in [0.3, 0.4) is 0 Å². The van der Waals surface area contributed by atoms with Gasteiger partial charge in [-0.15, -0.1) is 0 Å². The van der Waals surface area contributed by atoms with Gasteiger partial charge < -0.3 is 26.2 Å². The van der Waals surface area contributed by atoms with Crippen molar-refractivity contribution in [2.45, 2.75) is 51.1 Å². The minimum absolute atomic E-state index is 0.0705. The van der Waals surface area contributed by atoms with E-state index < -0.39 is 24.1 Å². The summed E-state index contributed by atoms with van der Waals surface area (Å²) in [5.41, 5.74) is 0. The third kappa shape index (κ3) is 5.88. The smallest absolute Gasteiger partial charge is 0.405 e. The first-order valence-corrected chi connectivity index (χ1v) is 7.66. The third-order valence-corrected chi connectivity index (χ3v) is 3.76. The molecule has 1 fully saturated rings. The molecule has 3 atom stereocenters. The molecular weight excluding hydrogens is 290 g/mol. The van der Waals surface area contributed by atoms with Gasteiger partial charge in [-0.25, -0.2) is 4.79 Å². The number of amides is 3. The zero-order valence-corrected chi connectivity index (χ0v) is 12.8. The number of carbonyl (C=O) groups is 3. The summed E-state index contributed by atoms with van der Waals surface area (Å²) < 4.78 is 0. The van der Waals surface area contributed by atoms with Crippen LogP contribution >= 0.6 is 0 Å². The first kappa shape index (κ1) is 18.2. The lowest BCUT2D eigenvalue weighted by Gasteiger charge is -2.22. The molecule has 1 aliphatic rings. The first-order valence-electron chi connectivity index (χ1n) is 7.66. The molecule has 0 bridgehead atoms. The molecule has 0 aromatic heterocycles. The minimum atomic E-state index is -1.26. The molecule has 1 saturated heterocycles. The van der Waals surface area contributed by atoms with E-state index in [-0.39, 0.29) is 18.4 Å². The lowest BCUT2D eigenvalue weighted by atomic mass is 9.98. The maximum Gasteiger partial charge on any atom is 0.405 e. The molecule has 0 radical (unpaired) electrons. The molecule has 1 heterocycles. The van der Waals surface area contributed by atoms with Crippen LogP contribution in [0.25, 0.3) is 0 Å². The number of hydrogen-bond acceptors (Lipinski definition) is 4. The number of nitrogens with one attached hydrogen (secondary N) is 3. The SMILES string of the molecule is CCCC[C@H](NC(=O)O)C(=O)N[C@H](CO)C[C@@H]1CCNC1=O. The predicted octanol–water partition coefficient (Wildman–Crippen LogP) is -0.184. The van der Waals surface area contributed by atoms with Crippen LogP contribution in [-0.2, 0) is 9.59 Å². The van der Waals surface area contributed by atoms with E-state index in [0.29, 0.717) is 32.2 Å². The second kappa shape index (κ2) is 9.24. The standard InChI is InChI=1S/C14H25N3O5/c1-2-3-4-11(17-14(21)22)13(20)16-10(8-18)7-9-5-6-15-12(9)19/h9-11,17-18H,2-8H2,1H3,(H,15,19)(H,16,20)(H,21,22)/t9-,10-,11-/m0/s1. The largest absolute Gasteiger partial charge is 0.465 e. The van der Waals surface area contributed by atoms with Gasteiger partial charge in [0, 0.05) is 12.5 Å². The Bertz CT molecular complexity index is 402. The second-order valence-electron chi connectivity index (χ2n) is 5.54. The number of unbranched alkanes of at least 4 members (excludes halogenated alkanes) is 1. The normalized spacial score (nSPS) is 20.1. The highest BCUT2D eigenvalue weighted by Gasteiger charge is 2.29. The third-order valence-electron chi connectivity index (χ3n) is 3.76. The summed E-state index contributed by atoms with van der Waals surface area (Å²) in [6.45, 7) is 2.27. The molecule has 5 N–H and O–H groups in total. The van der Waals surface area contributed by atoms with Crippen LogP contribution in [0.5, 0.6) is 0 Å². The van der Waals surface area contributed by atoms with Gasteiger partial charge in [-0.2, -0.15) is 0 Å². The summed E-state index contributed by atoms with van der Waals surface area (Å²) in [5, 5.41) is 25.7. The molecule has 1 aliphatic heterocycles. The number of rotatable bonds is 9. The van der Waals surface area contributed by atoms with Crippen LogP contribution in [-0.4, -0.2) is 53.4 Å². The van der Waals surface area contributed by atoms with Crippen LogP contribution < -0.4 is 16.0 Å². The summed E-state index contributed by atoms with van der Waals surface area (Å²) in [7, 11) is 0. The van der Waals surface area contributed by atoms with Gasteiger partial charge in [0.05, 0.1) is 12.6 Å². The summed E-state index contributed by atoms with van der Waals surface area (Å²) >= 11 is 0. The molecular formula is C14H25N3O5. The van der Waals surface area contributed by atoms with E-state index in [0.717, 1.165) is 6.42 Å². The van der Waals surface area contributed by atoms with Crippen LogP contribution in [0.15, 0.2) is 0 Å².